The fraction of sp³-hybridized carbons (Fsp3) is 0.429. The van der Waals surface area contributed by atoms with Gasteiger partial charge >= 0.3 is 0 Å². The predicted molar refractivity (Wildman–Crippen MR) is 112 cm³/mol. The molecule has 0 aliphatic heterocycles. The third-order valence-corrected chi connectivity index (χ3v) is 5.28. The van der Waals surface area contributed by atoms with Crippen LogP contribution in [0.2, 0.25) is 0 Å². The van der Waals surface area contributed by atoms with Gasteiger partial charge in [-0.2, -0.15) is 0 Å². The lowest BCUT2D eigenvalue weighted by Gasteiger charge is -2.21. The molecule has 2 rings (SSSR count). The van der Waals surface area contributed by atoms with Crippen molar-refractivity contribution in [2.24, 2.45) is 17.4 Å². The normalized spacial score (nSPS) is 13.5. The van der Waals surface area contributed by atoms with Crippen molar-refractivity contribution in [1.29, 1.82) is 0 Å². The Kier molecular flexibility index (Phi) is 8.28. The molecule has 0 fully saturated rings. The number of thioether (sulfide) groups is 1. The zero-order valence-electron chi connectivity index (χ0n) is 16.0. The molecule has 6 heteroatoms. The number of amides is 1. The topological polar surface area (TPSA) is 98.2 Å². The molecule has 0 bridgehead atoms. The van der Waals surface area contributed by atoms with Gasteiger partial charge in [-0.05, 0) is 66.4 Å². The Morgan fingerprint density at radius 1 is 1.11 bits per heavy atom. The maximum atomic E-state index is 12.8. The molecule has 0 saturated carbocycles. The molecule has 0 unspecified atom stereocenters. The van der Waals surface area contributed by atoms with Crippen molar-refractivity contribution in [3.8, 4) is 0 Å². The maximum absolute atomic E-state index is 12.8. The Balaban J connectivity index is 2.07. The van der Waals surface area contributed by atoms with Gasteiger partial charge in [-0.15, -0.1) is 0 Å². The van der Waals surface area contributed by atoms with Gasteiger partial charge < -0.3 is 16.8 Å². The van der Waals surface area contributed by atoms with Gasteiger partial charge in [0.2, 0.25) is 11.0 Å². The fourth-order valence-electron chi connectivity index (χ4n) is 2.85. The van der Waals surface area contributed by atoms with Crippen LogP contribution in [0.15, 0.2) is 47.4 Å². The van der Waals surface area contributed by atoms with E-state index in [4.69, 9.17) is 11.5 Å². The first-order chi connectivity index (χ1) is 12.9. The molecule has 0 heterocycles. The van der Waals surface area contributed by atoms with Gasteiger partial charge in [0.05, 0.1) is 12.1 Å². The van der Waals surface area contributed by atoms with Crippen molar-refractivity contribution in [2.45, 2.75) is 50.1 Å². The van der Waals surface area contributed by atoms with Crippen molar-refractivity contribution >= 4 is 33.6 Å². The number of fused-ring (bicyclic) bond motifs is 1. The van der Waals surface area contributed by atoms with Crippen molar-refractivity contribution in [1.82, 2.24) is 5.32 Å². The smallest absolute Gasteiger partial charge is 0.237 e. The molecule has 2 atom stereocenters. The van der Waals surface area contributed by atoms with E-state index in [1.165, 1.54) is 11.8 Å². The second-order valence-electron chi connectivity index (χ2n) is 7.16. The zero-order chi connectivity index (χ0) is 19.8. The molecule has 5 N–H and O–H groups in total. The molecule has 0 aliphatic carbocycles. The first-order valence-electron chi connectivity index (χ1n) is 9.37. The van der Waals surface area contributed by atoms with E-state index in [1.807, 2.05) is 56.3 Å². The third-order valence-electron chi connectivity index (χ3n) is 4.30. The fourth-order valence-corrected chi connectivity index (χ4v) is 3.70. The number of nitrogens with one attached hydrogen (secondary N) is 1. The summed E-state index contributed by atoms with van der Waals surface area (Å²) in [5.41, 5.74) is 11.4. The number of hydrogen-bond donors (Lipinski definition) is 3. The van der Waals surface area contributed by atoms with Gasteiger partial charge in [0.25, 0.3) is 0 Å². The number of hydrogen-bond acceptors (Lipinski definition) is 5. The molecule has 146 valence electrons. The molecule has 5 nitrogen and oxygen atoms in total. The minimum Gasteiger partial charge on any atom is -0.344 e. The second-order valence-corrected chi connectivity index (χ2v) is 8.24. The van der Waals surface area contributed by atoms with Crippen LogP contribution in [0.25, 0.3) is 10.8 Å². The number of rotatable bonds is 9. The molecule has 0 aliphatic rings. The van der Waals surface area contributed by atoms with Gasteiger partial charge in [0.1, 0.15) is 0 Å². The molecule has 2 aromatic carbocycles. The lowest BCUT2D eigenvalue weighted by atomic mass is 10.0. The summed E-state index contributed by atoms with van der Waals surface area (Å²) in [5.74, 6) is -0.0155. The molecule has 2 aromatic rings. The Morgan fingerprint density at radius 3 is 2.48 bits per heavy atom. The van der Waals surface area contributed by atoms with Gasteiger partial charge in [-0.1, -0.05) is 44.2 Å². The largest absolute Gasteiger partial charge is 0.344 e. The van der Waals surface area contributed by atoms with E-state index in [2.05, 4.69) is 5.32 Å². The van der Waals surface area contributed by atoms with Gasteiger partial charge in [-0.25, -0.2) is 0 Å². The van der Waals surface area contributed by atoms with Crippen LogP contribution in [-0.2, 0) is 9.59 Å². The minimum atomic E-state index is -0.637. The first-order valence-corrected chi connectivity index (χ1v) is 10.2. The van der Waals surface area contributed by atoms with E-state index in [0.29, 0.717) is 25.8 Å². The minimum absolute atomic E-state index is 0.0710. The van der Waals surface area contributed by atoms with Crippen molar-refractivity contribution in [3.63, 3.8) is 0 Å². The summed E-state index contributed by atoms with van der Waals surface area (Å²) in [4.78, 5) is 26.0. The first kappa shape index (κ1) is 21.4. The Hall–Kier alpha value is -1.89. The third kappa shape index (κ3) is 6.65. The second kappa shape index (κ2) is 10.4. The van der Waals surface area contributed by atoms with Crippen LogP contribution in [0.4, 0.5) is 0 Å². The highest BCUT2D eigenvalue weighted by Crippen LogP contribution is 2.26. The summed E-state index contributed by atoms with van der Waals surface area (Å²) in [7, 11) is 0. The van der Waals surface area contributed by atoms with E-state index in [-0.39, 0.29) is 16.9 Å². The molecule has 0 spiro atoms. The maximum Gasteiger partial charge on any atom is 0.237 e. The van der Waals surface area contributed by atoms with E-state index in [1.54, 1.807) is 0 Å². The number of carbonyl (C=O) groups is 2. The molecular formula is C21H29N3O2S. The average molecular weight is 388 g/mol. The summed E-state index contributed by atoms with van der Waals surface area (Å²) in [6, 6.07) is 12.8. The predicted octanol–water partition coefficient (Wildman–Crippen LogP) is 3.06. The van der Waals surface area contributed by atoms with Crippen molar-refractivity contribution in [3.05, 3.63) is 42.5 Å². The van der Waals surface area contributed by atoms with Crippen LogP contribution in [-0.4, -0.2) is 29.7 Å². The summed E-state index contributed by atoms with van der Waals surface area (Å²) in [6.45, 7) is 4.55. The molecule has 0 saturated heterocycles. The van der Waals surface area contributed by atoms with Crippen LogP contribution in [0, 0.1) is 5.92 Å². The van der Waals surface area contributed by atoms with E-state index in [9.17, 15) is 9.59 Å². The van der Waals surface area contributed by atoms with E-state index >= 15 is 0 Å². The highest BCUT2D eigenvalue weighted by molar-refractivity contribution is 8.13. The quantitative estimate of drug-likeness (QED) is 0.575. The van der Waals surface area contributed by atoms with Crippen LogP contribution in [0.3, 0.4) is 0 Å². The molecule has 0 radical (unpaired) electrons. The van der Waals surface area contributed by atoms with Gasteiger partial charge in [0, 0.05) is 4.90 Å². The van der Waals surface area contributed by atoms with Crippen LogP contribution >= 0.6 is 11.8 Å². The van der Waals surface area contributed by atoms with Crippen LogP contribution < -0.4 is 16.8 Å². The Morgan fingerprint density at radius 2 is 1.81 bits per heavy atom. The summed E-state index contributed by atoms with van der Waals surface area (Å²) >= 11 is 1.17. The van der Waals surface area contributed by atoms with Crippen molar-refractivity contribution < 1.29 is 9.59 Å². The molecule has 27 heavy (non-hydrogen) atoms. The van der Waals surface area contributed by atoms with Gasteiger partial charge in [0.15, 0.2) is 0 Å². The number of benzene rings is 2. The van der Waals surface area contributed by atoms with Crippen LogP contribution in [0.1, 0.15) is 33.1 Å². The zero-order valence-corrected chi connectivity index (χ0v) is 16.8. The highest BCUT2D eigenvalue weighted by atomic mass is 32.2. The Bertz CT molecular complexity index is 779. The van der Waals surface area contributed by atoms with E-state index < -0.39 is 12.1 Å². The lowest BCUT2D eigenvalue weighted by molar-refractivity contribution is -0.126. The van der Waals surface area contributed by atoms with Crippen LogP contribution in [0.5, 0.6) is 0 Å². The monoisotopic (exact) mass is 387 g/mol. The molecule has 0 aromatic heterocycles. The number of carbonyl (C=O) groups excluding carboxylic acids is 2. The SMILES string of the molecule is CC(C)C[C@@H](NC(=O)[C@H](N)CCCN)C(=O)Sc1ccc2ccccc2c1. The highest BCUT2D eigenvalue weighted by Gasteiger charge is 2.25. The number of nitrogens with two attached hydrogens (primary N) is 2. The van der Waals surface area contributed by atoms with Crippen molar-refractivity contribution in [2.75, 3.05) is 6.54 Å². The summed E-state index contributed by atoms with van der Waals surface area (Å²) in [6.07, 6.45) is 1.78. The van der Waals surface area contributed by atoms with Gasteiger partial charge in [-0.3, -0.25) is 9.59 Å². The standard InChI is InChI=1S/C21H29N3O2S/c1-14(2)12-19(24-20(25)18(23)8-5-11-22)21(26)27-17-10-9-15-6-3-4-7-16(15)13-17/h3-4,6-7,9-10,13-14,18-19H,5,8,11-12,22-23H2,1-2H3,(H,24,25)/t18-,19-/m1/s1. The summed E-state index contributed by atoms with van der Waals surface area (Å²) in [5, 5.41) is 4.99. The van der Waals surface area contributed by atoms with E-state index in [0.717, 1.165) is 15.7 Å². The molecular weight excluding hydrogens is 358 g/mol. The molecule has 1 amide bonds. The summed E-state index contributed by atoms with van der Waals surface area (Å²) < 4.78 is 0. The average Bonchev–Trinajstić information content (AvgIpc) is 2.64. The Labute approximate surface area is 165 Å². The lowest BCUT2D eigenvalue weighted by Crippen LogP contribution is -2.48.